The summed E-state index contributed by atoms with van der Waals surface area (Å²) in [6, 6.07) is 0.00444. The number of sulfone groups is 1. The molecule has 1 amide bonds. The molecule has 1 unspecified atom stereocenters. The van der Waals surface area contributed by atoms with Crippen LogP contribution >= 0.6 is 0 Å². The third kappa shape index (κ3) is 4.94. The molecule has 1 aliphatic rings. The molecule has 0 saturated carbocycles. The lowest BCUT2D eigenvalue weighted by atomic mass is 10.2. The molecule has 0 radical (unpaired) electrons. The summed E-state index contributed by atoms with van der Waals surface area (Å²) < 4.78 is 22.9. The van der Waals surface area contributed by atoms with Gasteiger partial charge in [0.25, 0.3) is 0 Å². The fourth-order valence-electron chi connectivity index (χ4n) is 2.12. The first-order valence-corrected chi connectivity index (χ1v) is 8.37. The zero-order valence-electron chi connectivity index (χ0n) is 11.5. The third-order valence-corrected chi connectivity index (χ3v) is 4.94. The first-order valence-electron chi connectivity index (χ1n) is 6.55. The lowest BCUT2D eigenvalue weighted by molar-refractivity contribution is -0.122. The Labute approximate surface area is 110 Å². The van der Waals surface area contributed by atoms with E-state index in [0.717, 1.165) is 0 Å². The Kier molecular flexibility index (Phi) is 5.59. The van der Waals surface area contributed by atoms with E-state index in [2.05, 4.69) is 5.32 Å². The number of hydrogen-bond donors (Lipinski definition) is 1. The summed E-state index contributed by atoms with van der Waals surface area (Å²) in [5, 5.41) is 2.86. The van der Waals surface area contributed by atoms with Crippen molar-refractivity contribution >= 4 is 15.7 Å². The topological polar surface area (TPSA) is 66.5 Å². The van der Waals surface area contributed by atoms with Gasteiger partial charge >= 0.3 is 0 Å². The van der Waals surface area contributed by atoms with Gasteiger partial charge in [-0.1, -0.05) is 20.8 Å². The Bertz CT molecular complexity index is 379. The first kappa shape index (κ1) is 15.4. The monoisotopic (exact) mass is 276 g/mol. The second-order valence-corrected chi connectivity index (χ2v) is 7.55. The second kappa shape index (κ2) is 6.52. The average Bonchev–Trinajstić information content (AvgIpc) is 2.63. The van der Waals surface area contributed by atoms with Crippen molar-refractivity contribution in [3.05, 3.63) is 0 Å². The summed E-state index contributed by atoms with van der Waals surface area (Å²) in [6.07, 6.45) is 0.646. The molecule has 106 valence electrons. The van der Waals surface area contributed by atoms with E-state index in [1.54, 1.807) is 0 Å². The standard InChI is InChI=1S/C12H24N2O3S/c1-4-14(8-12(15)13-7-10(2)3)11-5-6-18(16,17)9-11/h10-11H,4-9H2,1-3H3,(H,13,15). The lowest BCUT2D eigenvalue weighted by Gasteiger charge is -2.25. The molecule has 0 spiro atoms. The van der Waals surface area contributed by atoms with Crippen molar-refractivity contribution in [2.45, 2.75) is 33.2 Å². The van der Waals surface area contributed by atoms with Crippen LogP contribution in [0, 0.1) is 5.92 Å². The summed E-state index contributed by atoms with van der Waals surface area (Å²) in [4.78, 5) is 13.7. The van der Waals surface area contributed by atoms with E-state index in [1.807, 2.05) is 25.7 Å². The second-order valence-electron chi connectivity index (χ2n) is 5.32. The van der Waals surface area contributed by atoms with Gasteiger partial charge in [0.15, 0.2) is 9.84 Å². The maximum atomic E-state index is 11.7. The van der Waals surface area contributed by atoms with E-state index < -0.39 is 9.84 Å². The quantitative estimate of drug-likeness (QED) is 0.756. The highest BCUT2D eigenvalue weighted by atomic mass is 32.2. The number of carbonyl (C=O) groups is 1. The molecule has 1 saturated heterocycles. The normalized spacial score (nSPS) is 22.6. The van der Waals surface area contributed by atoms with Crippen LogP contribution in [-0.2, 0) is 14.6 Å². The van der Waals surface area contributed by atoms with Crippen molar-refractivity contribution < 1.29 is 13.2 Å². The van der Waals surface area contributed by atoms with Gasteiger partial charge in [0.05, 0.1) is 18.1 Å². The van der Waals surface area contributed by atoms with Crippen LogP contribution in [0.4, 0.5) is 0 Å². The van der Waals surface area contributed by atoms with E-state index in [-0.39, 0.29) is 23.5 Å². The number of likely N-dealkylation sites (N-methyl/N-ethyl adjacent to an activating group) is 1. The Morgan fingerprint density at radius 1 is 1.44 bits per heavy atom. The van der Waals surface area contributed by atoms with Gasteiger partial charge in [0.1, 0.15) is 0 Å². The predicted molar refractivity (Wildman–Crippen MR) is 72.2 cm³/mol. The summed E-state index contributed by atoms with van der Waals surface area (Å²) in [7, 11) is -2.89. The number of nitrogens with zero attached hydrogens (tertiary/aromatic N) is 1. The highest BCUT2D eigenvalue weighted by Gasteiger charge is 2.32. The van der Waals surface area contributed by atoms with Crippen molar-refractivity contribution in [3.63, 3.8) is 0 Å². The van der Waals surface area contributed by atoms with Crippen molar-refractivity contribution in [3.8, 4) is 0 Å². The van der Waals surface area contributed by atoms with Gasteiger partial charge in [0.2, 0.25) is 5.91 Å². The summed E-state index contributed by atoms with van der Waals surface area (Å²) in [6.45, 7) is 7.71. The molecule has 1 aliphatic heterocycles. The van der Waals surface area contributed by atoms with E-state index >= 15 is 0 Å². The predicted octanol–water partition coefficient (Wildman–Crippen LogP) is 0.268. The molecular formula is C12H24N2O3S. The highest BCUT2D eigenvalue weighted by molar-refractivity contribution is 7.91. The van der Waals surface area contributed by atoms with Crippen LogP contribution in [0.25, 0.3) is 0 Å². The van der Waals surface area contributed by atoms with Crippen LogP contribution in [0.15, 0.2) is 0 Å². The zero-order chi connectivity index (χ0) is 13.8. The molecule has 1 fully saturated rings. The molecular weight excluding hydrogens is 252 g/mol. The van der Waals surface area contributed by atoms with Crippen LogP contribution in [0.2, 0.25) is 0 Å². The Balaban J connectivity index is 2.45. The number of amides is 1. The molecule has 1 heterocycles. The van der Waals surface area contributed by atoms with Crippen LogP contribution < -0.4 is 5.32 Å². The van der Waals surface area contributed by atoms with E-state index in [9.17, 15) is 13.2 Å². The largest absolute Gasteiger partial charge is 0.355 e. The minimum Gasteiger partial charge on any atom is -0.355 e. The van der Waals surface area contributed by atoms with Crippen molar-refractivity contribution in [1.82, 2.24) is 10.2 Å². The molecule has 0 bridgehead atoms. The number of rotatable bonds is 6. The number of nitrogens with one attached hydrogen (secondary N) is 1. The van der Waals surface area contributed by atoms with Gasteiger partial charge in [-0.15, -0.1) is 0 Å². The molecule has 1 N–H and O–H groups in total. The van der Waals surface area contributed by atoms with Gasteiger partial charge in [-0.25, -0.2) is 8.42 Å². The van der Waals surface area contributed by atoms with Gasteiger partial charge in [-0.2, -0.15) is 0 Å². The van der Waals surface area contributed by atoms with Crippen molar-refractivity contribution in [2.24, 2.45) is 5.92 Å². The minimum atomic E-state index is -2.89. The van der Waals surface area contributed by atoms with Crippen molar-refractivity contribution in [1.29, 1.82) is 0 Å². The molecule has 1 rings (SSSR count). The molecule has 0 aromatic carbocycles. The average molecular weight is 276 g/mol. The maximum absolute atomic E-state index is 11.7. The molecule has 6 heteroatoms. The first-order chi connectivity index (χ1) is 8.34. The fourth-order valence-corrected chi connectivity index (χ4v) is 3.88. The molecule has 0 aromatic heterocycles. The van der Waals surface area contributed by atoms with Crippen LogP contribution in [0.1, 0.15) is 27.2 Å². The highest BCUT2D eigenvalue weighted by Crippen LogP contribution is 2.17. The SMILES string of the molecule is CCN(CC(=O)NCC(C)C)C1CCS(=O)(=O)C1. The Hall–Kier alpha value is -0.620. The third-order valence-electron chi connectivity index (χ3n) is 3.19. The zero-order valence-corrected chi connectivity index (χ0v) is 12.3. The van der Waals surface area contributed by atoms with E-state index in [4.69, 9.17) is 0 Å². The molecule has 5 nitrogen and oxygen atoms in total. The van der Waals surface area contributed by atoms with Crippen LogP contribution in [0.3, 0.4) is 0 Å². The van der Waals surface area contributed by atoms with Gasteiger partial charge in [0, 0.05) is 12.6 Å². The molecule has 0 aliphatic carbocycles. The van der Waals surface area contributed by atoms with E-state index in [0.29, 0.717) is 32.0 Å². The van der Waals surface area contributed by atoms with Crippen molar-refractivity contribution in [2.75, 3.05) is 31.1 Å². The van der Waals surface area contributed by atoms with Crippen LogP contribution in [-0.4, -0.2) is 56.4 Å². The fraction of sp³-hybridized carbons (Fsp3) is 0.917. The summed E-state index contributed by atoms with van der Waals surface area (Å²) >= 11 is 0. The Morgan fingerprint density at radius 3 is 2.56 bits per heavy atom. The summed E-state index contributed by atoms with van der Waals surface area (Å²) in [5.74, 6) is 0.853. The van der Waals surface area contributed by atoms with Gasteiger partial charge in [-0.3, -0.25) is 9.69 Å². The number of carbonyl (C=O) groups excluding carboxylic acids is 1. The van der Waals surface area contributed by atoms with Gasteiger partial charge in [-0.05, 0) is 18.9 Å². The molecule has 0 aromatic rings. The minimum absolute atomic E-state index is 0.00444. The maximum Gasteiger partial charge on any atom is 0.234 e. The van der Waals surface area contributed by atoms with E-state index in [1.165, 1.54) is 0 Å². The molecule has 1 atom stereocenters. The summed E-state index contributed by atoms with van der Waals surface area (Å²) in [5.41, 5.74) is 0. The van der Waals surface area contributed by atoms with Gasteiger partial charge < -0.3 is 5.32 Å². The number of hydrogen-bond acceptors (Lipinski definition) is 4. The smallest absolute Gasteiger partial charge is 0.234 e. The lowest BCUT2D eigenvalue weighted by Crippen LogP contribution is -2.44. The molecule has 18 heavy (non-hydrogen) atoms. The van der Waals surface area contributed by atoms with Crippen LogP contribution in [0.5, 0.6) is 0 Å². The Morgan fingerprint density at radius 2 is 2.11 bits per heavy atom.